The lowest BCUT2D eigenvalue weighted by atomic mass is 10.1. The molecular weight excluding hydrogens is 462 g/mol. The van der Waals surface area contributed by atoms with Crippen LogP contribution in [0.4, 0.5) is 5.69 Å². The van der Waals surface area contributed by atoms with Crippen LogP contribution in [0.15, 0.2) is 58.4 Å². The van der Waals surface area contributed by atoms with E-state index in [1.54, 1.807) is 41.3 Å². The van der Waals surface area contributed by atoms with Crippen LogP contribution in [0.3, 0.4) is 0 Å². The molecule has 0 atom stereocenters. The van der Waals surface area contributed by atoms with Gasteiger partial charge in [0.25, 0.3) is 5.91 Å². The Balaban J connectivity index is 1.53. The molecular formula is C23H25N3O5S2. The van der Waals surface area contributed by atoms with Crippen LogP contribution in [-0.4, -0.2) is 73.1 Å². The van der Waals surface area contributed by atoms with Gasteiger partial charge in [-0.05, 0) is 61.9 Å². The van der Waals surface area contributed by atoms with Crippen molar-refractivity contribution in [3.05, 3.63) is 59.7 Å². The molecule has 0 unspecified atom stereocenters. The summed E-state index contributed by atoms with van der Waals surface area (Å²) in [6.45, 7) is 3.44. The molecule has 0 aromatic heterocycles. The Morgan fingerprint density at radius 1 is 0.939 bits per heavy atom. The first-order valence-corrected chi connectivity index (χ1v) is 13.1. The van der Waals surface area contributed by atoms with Crippen LogP contribution in [0.25, 0.3) is 0 Å². The number of ketones is 1. The van der Waals surface area contributed by atoms with Gasteiger partial charge < -0.3 is 4.74 Å². The minimum Gasteiger partial charge on any atom is -0.379 e. The van der Waals surface area contributed by atoms with Gasteiger partial charge in [0.15, 0.2) is 11.0 Å². The zero-order valence-corrected chi connectivity index (χ0v) is 19.9. The van der Waals surface area contributed by atoms with E-state index in [4.69, 9.17) is 4.74 Å². The maximum absolute atomic E-state index is 13.2. The van der Waals surface area contributed by atoms with E-state index >= 15 is 0 Å². The number of benzene rings is 2. The SMILES string of the molecule is CC(=O)c1ccc(N=C2SCCCN2C(=O)c2ccc(S(=O)(=O)N3CCOCC3)cc2)cc1. The number of amidine groups is 1. The Hall–Kier alpha value is -2.53. The molecule has 0 radical (unpaired) electrons. The van der Waals surface area contributed by atoms with Crippen molar-refractivity contribution in [2.45, 2.75) is 18.2 Å². The number of hydrogen-bond donors (Lipinski definition) is 0. The van der Waals surface area contributed by atoms with E-state index in [9.17, 15) is 18.0 Å². The van der Waals surface area contributed by atoms with Gasteiger partial charge in [-0.1, -0.05) is 11.8 Å². The Morgan fingerprint density at radius 3 is 2.21 bits per heavy atom. The molecule has 2 aliphatic heterocycles. The number of amides is 1. The van der Waals surface area contributed by atoms with Crippen LogP contribution in [-0.2, 0) is 14.8 Å². The van der Waals surface area contributed by atoms with E-state index in [1.165, 1.54) is 35.1 Å². The average Bonchev–Trinajstić information content (AvgIpc) is 2.85. The van der Waals surface area contributed by atoms with Crippen molar-refractivity contribution in [2.75, 3.05) is 38.6 Å². The van der Waals surface area contributed by atoms with Crippen molar-refractivity contribution >= 4 is 44.3 Å². The molecule has 2 aromatic carbocycles. The van der Waals surface area contributed by atoms with Gasteiger partial charge in [-0.25, -0.2) is 13.4 Å². The third-order valence-electron chi connectivity index (χ3n) is 5.44. The third-order valence-corrected chi connectivity index (χ3v) is 8.42. The maximum Gasteiger partial charge on any atom is 0.259 e. The number of hydrogen-bond acceptors (Lipinski definition) is 7. The van der Waals surface area contributed by atoms with E-state index in [0.717, 1.165) is 12.2 Å². The highest BCUT2D eigenvalue weighted by molar-refractivity contribution is 8.13. The summed E-state index contributed by atoms with van der Waals surface area (Å²) in [7, 11) is -3.61. The molecule has 0 spiro atoms. The summed E-state index contributed by atoms with van der Waals surface area (Å²) in [5.41, 5.74) is 1.67. The van der Waals surface area contributed by atoms with E-state index in [0.29, 0.717) is 54.8 Å². The van der Waals surface area contributed by atoms with Crippen molar-refractivity contribution in [1.82, 2.24) is 9.21 Å². The third kappa shape index (κ3) is 5.35. The molecule has 0 bridgehead atoms. The lowest BCUT2D eigenvalue weighted by Crippen LogP contribution is -2.40. The lowest BCUT2D eigenvalue weighted by Gasteiger charge is -2.28. The smallest absolute Gasteiger partial charge is 0.259 e. The Labute approximate surface area is 197 Å². The Morgan fingerprint density at radius 2 is 1.58 bits per heavy atom. The van der Waals surface area contributed by atoms with Crippen LogP contribution >= 0.6 is 11.8 Å². The minimum absolute atomic E-state index is 0.0165. The first-order chi connectivity index (χ1) is 15.9. The number of carbonyl (C=O) groups excluding carboxylic acids is 2. The number of sulfonamides is 1. The summed E-state index contributed by atoms with van der Waals surface area (Å²) in [5.74, 6) is 0.610. The van der Waals surface area contributed by atoms with Crippen LogP contribution in [0.1, 0.15) is 34.1 Å². The van der Waals surface area contributed by atoms with Crippen molar-refractivity contribution in [1.29, 1.82) is 0 Å². The van der Waals surface area contributed by atoms with Gasteiger partial charge in [0.05, 0.1) is 23.8 Å². The van der Waals surface area contributed by atoms with Crippen LogP contribution in [0.5, 0.6) is 0 Å². The number of rotatable bonds is 5. The second kappa shape index (κ2) is 10.2. The molecule has 8 nitrogen and oxygen atoms in total. The van der Waals surface area contributed by atoms with Gasteiger partial charge in [-0.15, -0.1) is 0 Å². The topological polar surface area (TPSA) is 96.3 Å². The molecule has 10 heteroatoms. The number of Topliss-reactive ketones (excluding diaryl/α,β-unsaturated/α-hetero) is 1. The van der Waals surface area contributed by atoms with E-state index in [1.807, 2.05) is 0 Å². The molecule has 33 heavy (non-hydrogen) atoms. The van der Waals surface area contributed by atoms with E-state index < -0.39 is 10.0 Å². The highest BCUT2D eigenvalue weighted by atomic mass is 32.2. The first kappa shape index (κ1) is 23.6. The molecule has 2 saturated heterocycles. The standard InChI is InChI=1S/C23H25N3O5S2/c1-17(27)18-3-7-20(8-4-18)24-23-26(11-2-16-32-23)22(28)19-5-9-21(10-6-19)33(29,30)25-12-14-31-15-13-25/h3-10H,2,11-16H2,1H3. The van der Waals surface area contributed by atoms with Gasteiger partial charge >= 0.3 is 0 Å². The van der Waals surface area contributed by atoms with Crippen LogP contribution in [0.2, 0.25) is 0 Å². The second-order valence-electron chi connectivity index (χ2n) is 7.70. The predicted molar refractivity (Wildman–Crippen MR) is 128 cm³/mol. The summed E-state index contributed by atoms with van der Waals surface area (Å²) in [5, 5.41) is 0.590. The predicted octanol–water partition coefficient (Wildman–Crippen LogP) is 3.18. The van der Waals surface area contributed by atoms with Gasteiger partial charge in [-0.2, -0.15) is 4.31 Å². The number of morpholine rings is 1. The average molecular weight is 488 g/mol. The number of thioether (sulfide) groups is 1. The van der Waals surface area contributed by atoms with Crippen molar-refractivity contribution in [3.63, 3.8) is 0 Å². The number of ether oxygens (including phenoxy) is 1. The fraction of sp³-hybridized carbons (Fsp3) is 0.348. The lowest BCUT2D eigenvalue weighted by molar-refractivity contribution is 0.0730. The van der Waals surface area contributed by atoms with Crippen molar-refractivity contribution in [3.8, 4) is 0 Å². The molecule has 2 heterocycles. The highest BCUT2D eigenvalue weighted by Gasteiger charge is 2.28. The quantitative estimate of drug-likeness (QED) is 0.601. The molecule has 0 N–H and O–H groups in total. The first-order valence-electron chi connectivity index (χ1n) is 10.7. The number of nitrogens with zero attached hydrogens (tertiary/aromatic N) is 3. The van der Waals surface area contributed by atoms with Crippen molar-refractivity contribution in [2.24, 2.45) is 4.99 Å². The summed E-state index contributed by atoms with van der Waals surface area (Å²) in [6, 6.07) is 13.0. The normalized spacial score (nSPS) is 18.9. The van der Waals surface area contributed by atoms with Crippen LogP contribution in [0, 0.1) is 0 Å². The zero-order valence-electron chi connectivity index (χ0n) is 18.3. The zero-order chi connectivity index (χ0) is 23.4. The molecule has 2 aliphatic rings. The summed E-state index contributed by atoms with van der Waals surface area (Å²) in [6.07, 6.45) is 0.836. The Kier molecular flexibility index (Phi) is 7.28. The molecule has 1 amide bonds. The molecule has 2 aromatic rings. The number of carbonyl (C=O) groups is 2. The second-order valence-corrected chi connectivity index (χ2v) is 10.7. The monoisotopic (exact) mass is 487 g/mol. The highest BCUT2D eigenvalue weighted by Crippen LogP contribution is 2.25. The van der Waals surface area contributed by atoms with Crippen molar-refractivity contribution < 1.29 is 22.7 Å². The summed E-state index contributed by atoms with van der Waals surface area (Å²) < 4.78 is 32.3. The fourth-order valence-electron chi connectivity index (χ4n) is 3.58. The molecule has 0 aliphatic carbocycles. The minimum atomic E-state index is -3.61. The van der Waals surface area contributed by atoms with E-state index in [-0.39, 0.29) is 16.6 Å². The van der Waals surface area contributed by atoms with Gasteiger partial charge in [0.1, 0.15) is 0 Å². The fourth-order valence-corrected chi connectivity index (χ4v) is 5.95. The van der Waals surface area contributed by atoms with E-state index in [2.05, 4.69) is 4.99 Å². The Bertz CT molecular complexity index is 1160. The molecule has 0 saturated carbocycles. The molecule has 2 fully saturated rings. The van der Waals surface area contributed by atoms with Crippen LogP contribution < -0.4 is 0 Å². The van der Waals surface area contributed by atoms with Gasteiger partial charge in [-0.3, -0.25) is 14.5 Å². The maximum atomic E-state index is 13.2. The van der Waals surface area contributed by atoms with Gasteiger partial charge in [0, 0.05) is 36.5 Å². The number of aliphatic imine (C=N–C) groups is 1. The largest absolute Gasteiger partial charge is 0.379 e. The molecule has 174 valence electrons. The van der Waals surface area contributed by atoms with Gasteiger partial charge in [0.2, 0.25) is 10.0 Å². The summed E-state index contributed by atoms with van der Waals surface area (Å²) >= 11 is 1.50. The summed E-state index contributed by atoms with van der Waals surface area (Å²) in [4.78, 5) is 31.1. The molecule has 4 rings (SSSR count).